The molecule has 5 nitrogen and oxygen atoms in total. The van der Waals surface area contributed by atoms with Gasteiger partial charge in [-0.2, -0.15) is 0 Å². The second-order valence-corrected chi connectivity index (χ2v) is 7.01. The van der Waals surface area contributed by atoms with Crippen LogP contribution in [0.5, 0.6) is 0 Å². The summed E-state index contributed by atoms with van der Waals surface area (Å²) in [6.07, 6.45) is 2.03. The molecule has 2 radical (unpaired) electrons. The molecule has 0 spiro atoms. The minimum absolute atomic E-state index is 0.215. The topological polar surface area (TPSA) is 66.1 Å². The minimum Gasteiger partial charge on any atom is -0.354 e. The van der Waals surface area contributed by atoms with Gasteiger partial charge in [-0.05, 0) is 42.6 Å². The van der Waals surface area contributed by atoms with Crippen LogP contribution >= 0.6 is 0 Å². The number of hydroxylamine groups is 1. The average molecular weight is 343 g/mol. The van der Waals surface area contributed by atoms with Crippen molar-refractivity contribution < 1.29 is 9.63 Å². The lowest BCUT2D eigenvalue weighted by Gasteiger charge is -2.25. The first-order valence-electron chi connectivity index (χ1n) is 8.86. The van der Waals surface area contributed by atoms with Gasteiger partial charge in [0.05, 0.1) is 11.3 Å². The lowest BCUT2D eigenvalue weighted by Crippen LogP contribution is -2.36. The number of rotatable bonds is 2. The summed E-state index contributed by atoms with van der Waals surface area (Å²) in [5.41, 5.74) is 7.72. The van der Waals surface area contributed by atoms with E-state index in [9.17, 15) is 4.79 Å². The maximum absolute atomic E-state index is 12.2. The Morgan fingerprint density at radius 3 is 2.73 bits per heavy atom. The van der Waals surface area contributed by atoms with E-state index in [2.05, 4.69) is 40.0 Å². The minimum atomic E-state index is -0.433. The molecule has 0 saturated carbocycles. The number of hydrogen-bond donors (Lipinski definition) is 3. The van der Waals surface area contributed by atoms with Crippen molar-refractivity contribution in [2.24, 2.45) is 0 Å². The Kier molecular flexibility index (Phi) is 3.45. The lowest BCUT2D eigenvalue weighted by atomic mass is 9.71. The number of carbonyl (C=O) groups is 1. The van der Waals surface area contributed by atoms with E-state index < -0.39 is 5.44 Å². The van der Waals surface area contributed by atoms with Crippen molar-refractivity contribution in [2.45, 2.75) is 24.9 Å². The molecule has 2 aliphatic rings. The third-order valence-electron chi connectivity index (χ3n) is 5.43. The summed E-state index contributed by atoms with van der Waals surface area (Å²) in [5, 5.41) is 4.31. The van der Waals surface area contributed by atoms with E-state index in [-0.39, 0.29) is 5.91 Å². The van der Waals surface area contributed by atoms with Crippen LogP contribution in [-0.4, -0.2) is 25.3 Å². The van der Waals surface area contributed by atoms with Gasteiger partial charge in [-0.15, -0.1) is 0 Å². The first-order valence-corrected chi connectivity index (χ1v) is 8.86. The molecule has 128 valence electrons. The molecule has 26 heavy (non-hydrogen) atoms. The van der Waals surface area contributed by atoms with Gasteiger partial charge >= 0.3 is 0 Å². The highest BCUT2D eigenvalue weighted by atomic mass is 16.6. The predicted molar refractivity (Wildman–Crippen MR) is 101 cm³/mol. The van der Waals surface area contributed by atoms with Gasteiger partial charge in [0.2, 0.25) is 0 Å². The molecule has 1 saturated heterocycles. The summed E-state index contributed by atoms with van der Waals surface area (Å²) in [4.78, 5) is 21.0. The molecule has 3 N–H and O–H groups in total. The van der Waals surface area contributed by atoms with E-state index in [4.69, 9.17) is 12.7 Å². The smallest absolute Gasteiger partial charge is 0.275 e. The van der Waals surface area contributed by atoms with Crippen molar-refractivity contribution >= 4 is 24.7 Å². The van der Waals surface area contributed by atoms with Crippen LogP contribution < -0.4 is 10.8 Å². The summed E-state index contributed by atoms with van der Waals surface area (Å²) in [5.74, 6) is -0.215. The summed E-state index contributed by atoms with van der Waals surface area (Å²) in [6, 6.07) is 14.0. The zero-order valence-electron chi connectivity index (χ0n) is 14.3. The second kappa shape index (κ2) is 5.72. The highest BCUT2D eigenvalue weighted by Gasteiger charge is 2.29. The van der Waals surface area contributed by atoms with Crippen LogP contribution in [0.1, 0.15) is 34.3 Å². The van der Waals surface area contributed by atoms with Gasteiger partial charge in [0.15, 0.2) is 0 Å². The van der Waals surface area contributed by atoms with Crippen LogP contribution in [0.15, 0.2) is 42.5 Å². The SMILES string of the molecule is [B][C@@]1(c2ccc(-c3[nH]c4cccc5c4c3CONC5=O)cc2)CCCN1. The van der Waals surface area contributed by atoms with E-state index in [0.717, 1.165) is 52.7 Å². The van der Waals surface area contributed by atoms with Crippen molar-refractivity contribution in [1.82, 2.24) is 15.8 Å². The Morgan fingerprint density at radius 2 is 1.96 bits per heavy atom. The molecule has 1 fully saturated rings. The molecule has 6 heteroatoms. The monoisotopic (exact) mass is 343 g/mol. The van der Waals surface area contributed by atoms with Crippen LogP contribution in [0, 0.1) is 0 Å². The fourth-order valence-electron chi connectivity index (χ4n) is 4.07. The Balaban J connectivity index is 1.62. The largest absolute Gasteiger partial charge is 0.354 e. The normalized spacial score (nSPS) is 22.4. The molecule has 0 aliphatic carbocycles. The Labute approximate surface area is 152 Å². The molecule has 1 atom stereocenters. The summed E-state index contributed by atoms with van der Waals surface area (Å²) >= 11 is 0. The first-order chi connectivity index (χ1) is 12.7. The number of aromatic nitrogens is 1. The van der Waals surface area contributed by atoms with Crippen molar-refractivity contribution in [3.8, 4) is 11.3 Å². The molecule has 3 heterocycles. The standard InChI is InChI=1S/C20H18BN3O2/c21-20(9-2-10-22-20)13-7-5-12(6-8-13)18-15-11-26-24-19(25)14-3-1-4-16(23-18)17(14)15/h1,3-8,22-23H,2,9-11H2,(H,24,25)/t20-/m0/s1. The van der Waals surface area contributed by atoms with Gasteiger partial charge < -0.3 is 10.3 Å². The Hall–Kier alpha value is -2.57. The van der Waals surface area contributed by atoms with Gasteiger partial charge in [0, 0.05) is 21.9 Å². The van der Waals surface area contributed by atoms with E-state index in [1.165, 1.54) is 0 Å². The Morgan fingerprint density at radius 1 is 1.12 bits per heavy atom. The molecule has 1 amide bonds. The van der Waals surface area contributed by atoms with E-state index >= 15 is 0 Å². The van der Waals surface area contributed by atoms with Crippen LogP contribution in [0.3, 0.4) is 0 Å². The third-order valence-corrected chi connectivity index (χ3v) is 5.43. The highest BCUT2D eigenvalue weighted by Crippen LogP contribution is 2.35. The number of aromatic amines is 1. The van der Waals surface area contributed by atoms with Crippen LogP contribution in [0.25, 0.3) is 22.2 Å². The maximum Gasteiger partial charge on any atom is 0.275 e. The molecule has 2 aromatic carbocycles. The zero-order valence-corrected chi connectivity index (χ0v) is 14.3. The summed E-state index contributed by atoms with van der Waals surface area (Å²) < 4.78 is 0. The molecule has 1 aromatic heterocycles. The summed E-state index contributed by atoms with van der Waals surface area (Å²) in [6.45, 7) is 1.27. The van der Waals surface area contributed by atoms with Gasteiger partial charge in [-0.25, -0.2) is 5.48 Å². The fraction of sp³-hybridized carbons (Fsp3) is 0.250. The first kappa shape index (κ1) is 15.7. The van der Waals surface area contributed by atoms with Crippen molar-refractivity contribution in [3.05, 3.63) is 59.2 Å². The number of hydrogen-bond acceptors (Lipinski definition) is 3. The molecule has 0 unspecified atom stereocenters. The number of benzene rings is 2. The Bertz CT molecular complexity index is 1000. The summed E-state index contributed by atoms with van der Waals surface area (Å²) in [7, 11) is 6.47. The van der Waals surface area contributed by atoms with Crippen molar-refractivity contribution in [3.63, 3.8) is 0 Å². The van der Waals surface area contributed by atoms with E-state index in [1.807, 2.05) is 18.2 Å². The van der Waals surface area contributed by atoms with Gasteiger partial charge in [-0.1, -0.05) is 30.3 Å². The molecular weight excluding hydrogens is 325 g/mol. The molecule has 0 bridgehead atoms. The molecule has 3 aromatic rings. The van der Waals surface area contributed by atoms with E-state index in [1.54, 1.807) is 0 Å². The van der Waals surface area contributed by atoms with Crippen LogP contribution in [0.4, 0.5) is 0 Å². The fourth-order valence-corrected chi connectivity index (χ4v) is 4.07. The predicted octanol–water partition coefficient (Wildman–Crippen LogP) is 2.71. The lowest BCUT2D eigenvalue weighted by molar-refractivity contribution is 0.0256. The number of amides is 1. The highest BCUT2D eigenvalue weighted by molar-refractivity contribution is 6.15. The maximum atomic E-state index is 12.2. The molecule has 2 aliphatic heterocycles. The van der Waals surface area contributed by atoms with Crippen LogP contribution in [-0.2, 0) is 16.9 Å². The number of H-pyrrole nitrogens is 1. The zero-order chi connectivity index (χ0) is 17.7. The van der Waals surface area contributed by atoms with Crippen molar-refractivity contribution in [2.75, 3.05) is 6.54 Å². The quantitative estimate of drug-likeness (QED) is 0.627. The van der Waals surface area contributed by atoms with Gasteiger partial charge in [-0.3, -0.25) is 9.63 Å². The van der Waals surface area contributed by atoms with Gasteiger partial charge in [0.25, 0.3) is 5.91 Å². The average Bonchev–Trinajstić information content (AvgIpc) is 3.22. The van der Waals surface area contributed by atoms with Crippen molar-refractivity contribution in [1.29, 1.82) is 0 Å². The van der Waals surface area contributed by atoms with E-state index in [0.29, 0.717) is 12.2 Å². The molecular formula is C20H18BN3O2. The van der Waals surface area contributed by atoms with Gasteiger partial charge in [0.1, 0.15) is 14.5 Å². The number of nitrogens with one attached hydrogen (secondary N) is 3. The molecule has 5 rings (SSSR count). The second-order valence-electron chi connectivity index (χ2n) is 7.01. The van der Waals surface area contributed by atoms with Crippen LogP contribution in [0.2, 0.25) is 0 Å². The third kappa shape index (κ3) is 2.30. The number of carbonyl (C=O) groups excluding carboxylic acids is 1.